The first-order valence-corrected chi connectivity index (χ1v) is 5.84. The van der Waals surface area contributed by atoms with Crippen LogP contribution in [0.2, 0.25) is 0 Å². The summed E-state index contributed by atoms with van der Waals surface area (Å²) >= 11 is 0. The second-order valence-corrected chi connectivity index (χ2v) is 5.46. The fourth-order valence-corrected chi connectivity index (χ4v) is 2.68. The molecule has 0 bridgehead atoms. The Hall–Kier alpha value is -0.0800. The summed E-state index contributed by atoms with van der Waals surface area (Å²) in [5, 5.41) is 10.2. The van der Waals surface area contributed by atoms with Crippen molar-refractivity contribution in [1.82, 2.24) is 4.90 Å². The maximum Gasteiger partial charge on any atom is 0.0746 e. The lowest BCUT2D eigenvalue weighted by Gasteiger charge is -2.36. The first-order valence-electron chi connectivity index (χ1n) is 5.84. The first-order chi connectivity index (χ1) is 6.40. The Bertz CT molecular complexity index is 189. The lowest BCUT2D eigenvalue weighted by Crippen LogP contribution is -2.47. The SMILES string of the molecule is CCN(C(C)C)C1CCC(C)(C)C1O. The molecule has 0 saturated heterocycles. The van der Waals surface area contributed by atoms with Gasteiger partial charge in [-0.05, 0) is 38.6 Å². The molecular weight excluding hydrogens is 174 g/mol. The quantitative estimate of drug-likeness (QED) is 0.753. The van der Waals surface area contributed by atoms with Crippen LogP contribution in [-0.2, 0) is 0 Å². The van der Waals surface area contributed by atoms with Gasteiger partial charge in [-0.25, -0.2) is 0 Å². The molecule has 2 unspecified atom stereocenters. The highest BCUT2D eigenvalue weighted by Crippen LogP contribution is 2.40. The summed E-state index contributed by atoms with van der Waals surface area (Å²) in [5.74, 6) is 0. The highest BCUT2D eigenvalue weighted by atomic mass is 16.3. The Balaban J connectivity index is 2.70. The van der Waals surface area contributed by atoms with E-state index in [0.29, 0.717) is 12.1 Å². The molecule has 84 valence electrons. The second-order valence-electron chi connectivity index (χ2n) is 5.46. The molecule has 2 nitrogen and oxygen atoms in total. The van der Waals surface area contributed by atoms with E-state index in [0.717, 1.165) is 19.4 Å². The van der Waals surface area contributed by atoms with E-state index in [1.54, 1.807) is 0 Å². The third-order valence-corrected chi connectivity index (χ3v) is 3.70. The predicted octanol–water partition coefficient (Wildman–Crippen LogP) is 2.27. The van der Waals surface area contributed by atoms with Crippen LogP contribution in [0.3, 0.4) is 0 Å². The van der Waals surface area contributed by atoms with E-state index in [1.807, 2.05) is 0 Å². The van der Waals surface area contributed by atoms with Crippen LogP contribution in [0.5, 0.6) is 0 Å². The summed E-state index contributed by atoms with van der Waals surface area (Å²) in [4.78, 5) is 2.42. The molecule has 1 N–H and O–H groups in total. The molecule has 0 radical (unpaired) electrons. The molecule has 1 aliphatic carbocycles. The molecule has 1 aliphatic rings. The maximum atomic E-state index is 10.2. The minimum Gasteiger partial charge on any atom is -0.391 e. The van der Waals surface area contributed by atoms with Gasteiger partial charge in [0.15, 0.2) is 0 Å². The molecule has 0 amide bonds. The van der Waals surface area contributed by atoms with Crippen molar-refractivity contribution < 1.29 is 5.11 Å². The van der Waals surface area contributed by atoms with Crippen molar-refractivity contribution in [3.63, 3.8) is 0 Å². The molecule has 1 fully saturated rings. The summed E-state index contributed by atoms with van der Waals surface area (Å²) in [7, 11) is 0. The zero-order valence-electron chi connectivity index (χ0n) is 10.2. The van der Waals surface area contributed by atoms with Crippen molar-refractivity contribution in [1.29, 1.82) is 0 Å². The molecule has 1 saturated carbocycles. The predicted molar refractivity (Wildman–Crippen MR) is 60.3 cm³/mol. The minimum atomic E-state index is -0.162. The number of aliphatic hydroxyl groups is 1. The Morgan fingerprint density at radius 2 is 2.00 bits per heavy atom. The van der Waals surface area contributed by atoms with Crippen LogP contribution < -0.4 is 0 Å². The van der Waals surface area contributed by atoms with Crippen LogP contribution in [0.15, 0.2) is 0 Å². The number of rotatable bonds is 3. The van der Waals surface area contributed by atoms with Crippen LogP contribution in [0.1, 0.15) is 47.5 Å². The van der Waals surface area contributed by atoms with E-state index in [-0.39, 0.29) is 11.5 Å². The summed E-state index contributed by atoms with van der Waals surface area (Å²) < 4.78 is 0. The fraction of sp³-hybridized carbons (Fsp3) is 1.00. The summed E-state index contributed by atoms with van der Waals surface area (Å²) in [6.45, 7) is 12.0. The number of likely N-dealkylation sites (N-methyl/N-ethyl adjacent to an activating group) is 1. The molecule has 2 heteroatoms. The van der Waals surface area contributed by atoms with Gasteiger partial charge in [-0.2, -0.15) is 0 Å². The Morgan fingerprint density at radius 3 is 2.29 bits per heavy atom. The minimum absolute atomic E-state index is 0.104. The Morgan fingerprint density at radius 1 is 1.43 bits per heavy atom. The average Bonchev–Trinajstić information content (AvgIpc) is 2.32. The van der Waals surface area contributed by atoms with Gasteiger partial charge < -0.3 is 5.11 Å². The van der Waals surface area contributed by atoms with Crippen LogP contribution in [-0.4, -0.2) is 34.7 Å². The highest BCUT2D eigenvalue weighted by Gasteiger charge is 2.43. The molecule has 2 atom stereocenters. The molecular formula is C12H25NO. The van der Waals surface area contributed by atoms with Crippen LogP contribution >= 0.6 is 0 Å². The summed E-state index contributed by atoms with van der Waals surface area (Å²) in [6, 6.07) is 0.906. The van der Waals surface area contributed by atoms with Crippen molar-refractivity contribution in [3.8, 4) is 0 Å². The van der Waals surface area contributed by atoms with Gasteiger partial charge in [0.2, 0.25) is 0 Å². The molecule has 14 heavy (non-hydrogen) atoms. The van der Waals surface area contributed by atoms with E-state index in [1.165, 1.54) is 0 Å². The normalized spacial score (nSPS) is 31.7. The van der Waals surface area contributed by atoms with Gasteiger partial charge in [0.25, 0.3) is 0 Å². The molecule has 0 heterocycles. The Kier molecular flexibility index (Phi) is 3.59. The van der Waals surface area contributed by atoms with E-state index in [2.05, 4.69) is 39.5 Å². The maximum absolute atomic E-state index is 10.2. The fourth-order valence-electron chi connectivity index (χ4n) is 2.68. The van der Waals surface area contributed by atoms with E-state index in [9.17, 15) is 5.11 Å². The zero-order chi connectivity index (χ0) is 10.9. The van der Waals surface area contributed by atoms with Crippen LogP contribution in [0.4, 0.5) is 0 Å². The molecule has 1 rings (SSSR count). The largest absolute Gasteiger partial charge is 0.391 e. The van der Waals surface area contributed by atoms with Crippen molar-refractivity contribution >= 4 is 0 Å². The summed E-state index contributed by atoms with van der Waals surface area (Å²) in [6.07, 6.45) is 2.12. The summed E-state index contributed by atoms with van der Waals surface area (Å²) in [5.41, 5.74) is 0.104. The van der Waals surface area contributed by atoms with Gasteiger partial charge in [-0.1, -0.05) is 20.8 Å². The topological polar surface area (TPSA) is 23.5 Å². The third-order valence-electron chi connectivity index (χ3n) is 3.70. The lowest BCUT2D eigenvalue weighted by atomic mass is 9.88. The van der Waals surface area contributed by atoms with Gasteiger partial charge in [0.1, 0.15) is 0 Å². The van der Waals surface area contributed by atoms with E-state index in [4.69, 9.17) is 0 Å². The van der Waals surface area contributed by atoms with Crippen molar-refractivity contribution in [2.24, 2.45) is 5.41 Å². The first kappa shape index (κ1) is 12.0. The van der Waals surface area contributed by atoms with Gasteiger partial charge in [0.05, 0.1) is 6.10 Å². The van der Waals surface area contributed by atoms with Crippen molar-refractivity contribution in [2.75, 3.05) is 6.54 Å². The number of aliphatic hydroxyl groups excluding tert-OH is 1. The van der Waals surface area contributed by atoms with Gasteiger partial charge >= 0.3 is 0 Å². The van der Waals surface area contributed by atoms with Crippen molar-refractivity contribution in [2.45, 2.75) is 65.6 Å². The van der Waals surface area contributed by atoms with Gasteiger partial charge in [-0.3, -0.25) is 4.90 Å². The molecule has 0 aromatic carbocycles. The Labute approximate surface area is 88.3 Å². The van der Waals surface area contributed by atoms with Gasteiger partial charge in [-0.15, -0.1) is 0 Å². The molecule has 0 aliphatic heterocycles. The smallest absolute Gasteiger partial charge is 0.0746 e. The molecule has 0 aromatic heterocycles. The average molecular weight is 199 g/mol. The van der Waals surface area contributed by atoms with E-state index < -0.39 is 0 Å². The van der Waals surface area contributed by atoms with Gasteiger partial charge in [0, 0.05) is 12.1 Å². The number of hydrogen-bond acceptors (Lipinski definition) is 2. The standard InChI is InChI=1S/C12H25NO/c1-6-13(9(2)3)10-7-8-12(4,5)11(10)14/h9-11,14H,6-8H2,1-5H3. The monoisotopic (exact) mass is 199 g/mol. The van der Waals surface area contributed by atoms with E-state index >= 15 is 0 Å². The van der Waals surface area contributed by atoms with Crippen LogP contribution in [0.25, 0.3) is 0 Å². The lowest BCUT2D eigenvalue weighted by molar-refractivity contribution is 0.00572. The highest BCUT2D eigenvalue weighted by molar-refractivity contribution is 4.96. The zero-order valence-corrected chi connectivity index (χ0v) is 10.2. The number of nitrogens with zero attached hydrogens (tertiary/aromatic N) is 1. The molecule has 0 spiro atoms. The third kappa shape index (κ3) is 2.12. The van der Waals surface area contributed by atoms with Crippen LogP contribution in [0, 0.1) is 5.41 Å². The molecule has 0 aromatic rings. The number of hydrogen-bond donors (Lipinski definition) is 1. The van der Waals surface area contributed by atoms with Crippen molar-refractivity contribution in [3.05, 3.63) is 0 Å². The second kappa shape index (κ2) is 4.19.